The Labute approximate surface area is 463 Å². The van der Waals surface area contributed by atoms with E-state index in [9.17, 15) is 4.79 Å². The molecule has 1 unspecified atom stereocenters. The third-order valence-electron chi connectivity index (χ3n) is 14.7. The maximum atomic E-state index is 11.4. The van der Waals surface area contributed by atoms with Gasteiger partial charge in [-0.05, 0) is 25.7 Å². The van der Waals surface area contributed by atoms with Crippen LogP contribution in [0.2, 0.25) is 0 Å². The van der Waals surface area contributed by atoms with E-state index in [0.717, 1.165) is 30.3 Å². The zero-order valence-corrected chi connectivity index (χ0v) is 50.7. The molecule has 7 heteroatoms. The van der Waals surface area contributed by atoms with Crippen molar-refractivity contribution in [1.29, 1.82) is 0 Å². The van der Waals surface area contributed by atoms with Gasteiger partial charge in [-0.15, -0.1) is 0 Å². The van der Waals surface area contributed by atoms with Gasteiger partial charge in [-0.25, -0.2) is 0 Å². The van der Waals surface area contributed by atoms with Gasteiger partial charge < -0.3 is 36.9 Å². The Hall–Kier alpha value is -1.18. The first-order valence-corrected chi connectivity index (χ1v) is 32.2. The van der Waals surface area contributed by atoms with Crippen molar-refractivity contribution in [1.82, 2.24) is 0 Å². The van der Waals surface area contributed by atoms with Gasteiger partial charge in [0.05, 0.1) is 27.2 Å². The zero-order valence-electron chi connectivity index (χ0n) is 49.9. The molecule has 0 radical (unpaired) electrons. The lowest BCUT2D eigenvalue weighted by Gasteiger charge is -2.30. The minimum Gasteiger partial charge on any atom is -1.00 e. The molecule has 0 aliphatic carbocycles. The summed E-state index contributed by atoms with van der Waals surface area (Å²) in [7, 11) is 4.75. The summed E-state index contributed by atoms with van der Waals surface area (Å²) in [6.07, 6.45) is 64.4. The fourth-order valence-corrected chi connectivity index (χ4v) is 9.86. The van der Waals surface area contributed by atoms with Crippen molar-refractivity contribution in [3.05, 3.63) is 35.9 Å². The van der Waals surface area contributed by atoms with E-state index in [1.165, 1.54) is 295 Å². The van der Waals surface area contributed by atoms with Gasteiger partial charge in [0, 0.05) is 18.6 Å². The highest BCUT2D eigenvalue weighted by Crippen LogP contribution is 2.18. The number of unbranched alkanes of at least 4 members (excludes halogenated alkanes) is 44. The molecule has 3 N–H and O–H groups in total. The average molecular weight is 1050 g/mol. The highest BCUT2D eigenvalue weighted by Gasteiger charge is 2.15. The summed E-state index contributed by atoms with van der Waals surface area (Å²) in [6.45, 7) is 9.20. The summed E-state index contributed by atoms with van der Waals surface area (Å²) in [6, 6.07) is 10.9. The Bertz CT molecular complexity index is 1120. The topological polar surface area (TPSA) is 87.0 Å². The molecule has 0 aromatic heterocycles. The third kappa shape index (κ3) is 66.9. The maximum Gasteiger partial charge on any atom is 0.305 e. The van der Waals surface area contributed by atoms with Crippen LogP contribution >= 0.6 is 0 Å². The molecule has 0 spiro atoms. The Kier molecular flexibility index (Phi) is 67.8. The monoisotopic (exact) mass is 1050 g/mol. The normalized spacial score (nSPS) is 11.6. The minimum atomic E-state index is -0.954. The number of hydrogen-bond donors (Lipinski definition) is 3. The van der Waals surface area contributed by atoms with Crippen LogP contribution in [0.5, 0.6) is 0 Å². The van der Waals surface area contributed by atoms with Crippen LogP contribution in [0.15, 0.2) is 30.3 Å². The molecule has 436 valence electrons. The SMILES string of the molecule is CCCCCCCCCCCCCCCCCC(=O)OCC(O)CO.CCCCCCCCCCCCCCCCCCO.CCCCCCCCCCCCCCCCCC[N+](C)(C)Cc1ccccc1.[Cl-]. The lowest BCUT2D eigenvalue weighted by Crippen LogP contribution is -3.00. The van der Waals surface area contributed by atoms with E-state index in [-0.39, 0.29) is 31.6 Å². The van der Waals surface area contributed by atoms with Gasteiger partial charge in [-0.1, -0.05) is 327 Å². The Morgan fingerprint density at radius 2 is 0.699 bits per heavy atom. The number of nitrogens with zero attached hydrogens (tertiary/aromatic N) is 1. The van der Waals surface area contributed by atoms with E-state index < -0.39 is 6.10 Å². The third-order valence-corrected chi connectivity index (χ3v) is 14.7. The number of carbonyl (C=O) groups excluding carboxylic acids is 1. The second-order valence-electron chi connectivity index (χ2n) is 22.9. The van der Waals surface area contributed by atoms with Crippen LogP contribution in [0, 0.1) is 0 Å². The molecule has 73 heavy (non-hydrogen) atoms. The average Bonchev–Trinajstić information content (AvgIpc) is 3.38. The quantitative estimate of drug-likeness (QED) is 0.0344. The first-order chi connectivity index (χ1) is 35.3. The highest BCUT2D eigenvalue weighted by atomic mass is 35.5. The van der Waals surface area contributed by atoms with Crippen LogP contribution in [0.3, 0.4) is 0 Å². The lowest BCUT2D eigenvalue weighted by molar-refractivity contribution is -0.903. The van der Waals surface area contributed by atoms with Crippen molar-refractivity contribution in [2.75, 3.05) is 40.5 Å². The second-order valence-corrected chi connectivity index (χ2v) is 22.9. The van der Waals surface area contributed by atoms with Crippen LogP contribution in [0.25, 0.3) is 0 Å². The molecular weight excluding hydrogens is 922 g/mol. The molecule has 0 aliphatic heterocycles. The van der Waals surface area contributed by atoms with Gasteiger partial charge in [0.15, 0.2) is 0 Å². The van der Waals surface area contributed by atoms with Crippen LogP contribution in [-0.2, 0) is 16.1 Å². The summed E-state index contributed by atoms with van der Waals surface area (Å²) in [5, 5.41) is 26.4. The number of ether oxygens (including phenoxy) is 1. The van der Waals surface area contributed by atoms with Crippen LogP contribution in [-0.4, -0.2) is 72.3 Å². The lowest BCUT2D eigenvalue weighted by atomic mass is 10.0. The largest absolute Gasteiger partial charge is 1.00 e. The molecule has 0 bridgehead atoms. The van der Waals surface area contributed by atoms with Crippen molar-refractivity contribution < 1.29 is 41.7 Å². The number of aliphatic hydroxyl groups is 3. The van der Waals surface area contributed by atoms with Gasteiger partial charge in [0.1, 0.15) is 19.3 Å². The van der Waals surface area contributed by atoms with E-state index in [1.807, 2.05) is 0 Å². The Morgan fingerprint density at radius 1 is 0.425 bits per heavy atom. The van der Waals surface area contributed by atoms with Gasteiger partial charge in [-0.2, -0.15) is 0 Å². The summed E-state index contributed by atoms with van der Waals surface area (Å²) < 4.78 is 5.98. The molecule has 0 saturated carbocycles. The molecule has 0 heterocycles. The van der Waals surface area contributed by atoms with Crippen LogP contribution < -0.4 is 12.4 Å². The maximum absolute atomic E-state index is 11.4. The van der Waals surface area contributed by atoms with Crippen LogP contribution in [0.1, 0.15) is 335 Å². The predicted octanol–water partition coefficient (Wildman–Crippen LogP) is 16.9. The number of halogens is 1. The van der Waals surface area contributed by atoms with E-state index in [1.54, 1.807) is 0 Å². The Morgan fingerprint density at radius 3 is 0.986 bits per heavy atom. The molecule has 1 atom stereocenters. The summed E-state index contributed by atoms with van der Waals surface area (Å²) in [5.74, 6) is -0.276. The van der Waals surface area contributed by atoms with Gasteiger partial charge in [-0.3, -0.25) is 4.79 Å². The molecule has 1 rings (SSSR count). The number of benzene rings is 1. The first-order valence-electron chi connectivity index (χ1n) is 32.2. The van der Waals surface area contributed by atoms with Crippen molar-refractivity contribution >= 4 is 5.97 Å². The molecule has 0 aliphatic rings. The summed E-state index contributed by atoms with van der Waals surface area (Å²) >= 11 is 0. The highest BCUT2D eigenvalue weighted by molar-refractivity contribution is 5.69. The first kappa shape index (κ1) is 76.1. The van der Waals surface area contributed by atoms with Crippen molar-refractivity contribution in [2.24, 2.45) is 0 Å². The number of aliphatic hydroxyl groups excluding tert-OH is 3. The van der Waals surface area contributed by atoms with Crippen molar-refractivity contribution in [2.45, 2.75) is 342 Å². The smallest absolute Gasteiger partial charge is 0.305 e. The summed E-state index contributed by atoms with van der Waals surface area (Å²) in [4.78, 5) is 11.4. The molecule has 0 saturated heterocycles. The molecule has 0 fully saturated rings. The predicted molar refractivity (Wildman–Crippen MR) is 317 cm³/mol. The van der Waals surface area contributed by atoms with Gasteiger partial charge in [0.25, 0.3) is 0 Å². The number of carbonyl (C=O) groups is 1. The molecular formula is C66H130ClNO5. The zero-order chi connectivity index (χ0) is 53.0. The van der Waals surface area contributed by atoms with Crippen LogP contribution in [0.4, 0.5) is 0 Å². The number of esters is 1. The van der Waals surface area contributed by atoms with E-state index >= 15 is 0 Å². The number of rotatable bonds is 54. The standard InChI is InChI=1S/C27H50N.C21H42O4.C18H38O.ClH/c1-4-5-6-7-8-9-10-11-12-13-14-15-16-17-18-22-25-28(2,3)26-27-23-20-19-21-24-27;1-2-3-4-5-6-7-8-9-10-11-12-13-14-15-16-17-21(24)25-19-20(23)18-22;1-2-3-4-5-6-7-8-9-10-11-12-13-14-15-16-17-18-19;/h19-21,23-24H,4-18,22,25-26H2,1-3H3;20,22-23H,2-19H2,1H3;19H,2-18H2,1H3;1H/q+1;;;/p-1. The van der Waals surface area contributed by atoms with E-state index in [2.05, 4.69) is 65.2 Å². The Balaban J connectivity index is -0.00000102. The number of hydrogen-bond acceptors (Lipinski definition) is 5. The fourth-order valence-electron chi connectivity index (χ4n) is 9.86. The minimum absolute atomic E-state index is 0. The second kappa shape index (κ2) is 65.1. The fraction of sp³-hybridized carbons (Fsp3) is 0.894. The number of quaternary nitrogens is 1. The van der Waals surface area contributed by atoms with Crippen molar-refractivity contribution in [3.8, 4) is 0 Å². The summed E-state index contributed by atoms with van der Waals surface area (Å²) in [5.41, 5.74) is 1.46. The van der Waals surface area contributed by atoms with E-state index in [0.29, 0.717) is 13.0 Å². The molecule has 6 nitrogen and oxygen atoms in total. The van der Waals surface area contributed by atoms with E-state index in [4.69, 9.17) is 20.1 Å². The molecule has 0 amide bonds. The molecule has 1 aromatic rings. The van der Waals surface area contributed by atoms with Gasteiger partial charge in [0.2, 0.25) is 0 Å². The molecule has 1 aromatic carbocycles. The van der Waals surface area contributed by atoms with Gasteiger partial charge >= 0.3 is 5.97 Å². The van der Waals surface area contributed by atoms with Crippen molar-refractivity contribution in [3.63, 3.8) is 0 Å².